The van der Waals surface area contributed by atoms with E-state index in [1.807, 2.05) is 44.2 Å². The van der Waals surface area contributed by atoms with Gasteiger partial charge in [-0.3, -0.25) is 0 Å². The van der Waals surface area contributed by atoms with Gasteiger partial charge in [0.2, 0.25) is 5.75 Å². The van der Waals surface area contributed by atoms with Crippen LogP contribution in [0.25, 0.3) is 10.9 Å². The second-order valence-electron chi connectivity index (χ2n) is 6.43. The number of hydrogen-bond acceptors (Lipinski definition) is 7. The standard InChI is InChI=1S/C21H25N3O4/c1-13-6-8-15(9-7-13)28-11-14(2)24-21-16-10-17(25-3)19(26-4)20(27-5)18(16)22-12-23-21/h6-10,12,14H,11H2,1-5H3,(H,22,23,24). The maximum atomic E-state index is 5.86. The monoisotopic (exact) mass is 383 g/mol. The van der Waals surface area contributed by atoms with Crippen LogP contribution in [0.3, 0.4) is 0 Å². The minimum absolute atomic E-state index is 0.0125. The number of benzene rings is 2. The summed E-state index contributed by atoms with van der Waals surface area (Å²) in [6.07, 6.45) is 1.49. The van der Waals surface area contributed by atoms with E-state index in [4.69, 9.17) is 18.9 Å². The Balaban J connectivity index is 1.85. The van der Waals surface area contributed by atoms with E-state index < -0.39 is 0 Å². The minimum Gasteiger partial charge on any atom is -0.493 e. The third-order valence-corrected chi connectivity index (χ3v) is 4.34. The number of aromatic nitrogens is 2. The maximum Gasteiger partial charge on any atom is 0.205 e. The van der Waals surface area contributed by atoms with E-state index in [2.05, 4.69) is 15.3 Å². The molecule has 0 bridgehead atoms. The quantitative estimate of drug-likeness (QED) is 0.633. The number of nitrogens with one attached hydrogen (secondary N) is 1. The van der Waals surface area contributed by atoms with Crippen molar-refractivity contribution >= 4 is 16.7 Å². The van der Waals surface area contributed by atoms with E-state index in [0.29, 0.717) is 35.2 Å². The fourth-order valence-corrected chi connectivity index (χ4v) is 2.91. The highest BCUT2D eigenvalue weighted by Crippen LogP contribution is 2.43. The number of rotatable bonds is 8. The number of ether oxygens (including phenoxy) is 4. The molecule has 0 saturated heterocycles. The van der Waals surface area contributed by atoms with Gasteiger partial charge in [0.1, 0.15) is 30.0 Å². The van der Waals surface area contributed by atoms with Crippen molar-refractivity contribution in [3.8, 4) is 23.0 Å². The molecule has 148 valence electrons. The van der Waals surface area contributed by atoms with E-state index >= 15 is 0 Å². The first-order valence-electron chi connectivity index (χ1n) is 8.97. The average molecular weight is 383 g/mol. The molecule has 2 aromatic carbocycles. The van der Waals surface area contributed by atoms with Crippen molar-refractivity contribution in [2.24, 2.45) is 0 Å². The van der Waals surface area contributed by atoms with Gasteiger partial charge in [-0.1, -0.05) is 17.7 Å². The summed E-state index contributed by atoms with van der Waals surface area (Å²) in [7, 11) is 4.72. The lowest BCUT2D eigenvalue weighted by Gasteiger charge is -2.19. The van der Waals surface area contributed by atoms with Crippen LogP contribution in [0, 0.1) is 6.92 Å². The number of methoxy groups -OCH3 is 3. The first kappa shape index (κ1) is 19.5. The van der Waals surface area contributed by atoms with Crippen LogP contribution in [0.1, 0.15) is 12.5 Å². The molecule has 0 amide bonds. The van der Waals surface area contributed by atoms with Crippen molar-refractivity contribution in [1.29, 1.82) is 0 Å². The molecule has 1 heterocycles. The second kappa shape index (κ2) is 8.65. The van der Waals surface area contributed by atoms with Crippen molar-refractivity contribution in [3.63, 3.8) is 0 Å². The van der Waals surface area contributed by atoms with Crippen molar-refractivity contribution in [3.05, 3.63) is 42.2 Å². The van der Waals surface area contributed by atoms with Crippen molar-refractivity contribution in [1.82, 2.24) is 9.97 Å². The Morgan fingerprint density at radius 3 is 2.32 bits per heavy atom. The van der Waals surface area contributed by atoms with Crippen LogP contribution >= 0.6 is 0 Å². The molecule has 0 fully saturated rings. The van der Waals surface area contributed by atoms with Gasteiger partial charge in [-0.25, -0.2) is 9.97 Å². The first-order valence-corrected chi connectivity index (χ1v) is 8.97. The molecule has 1 N–H and O–H groups in total. The summed E-state index contributed by atoms with van der Waals surface area (Å²) in [6.45, 7) is 4.56. The molecule has 0 spiro atoms. The molecule has 7 nitrogen and oxygen atoms in total. The van der Waals surface area contributed by atoms with Gasteiger partial charge < -0.3 is 24.3 Å². The molecule has 0 aliphatic heterocycles. The number of anilines is 1. The predicted octanol–water partition coefficient (Wildman–Crippen LogP) is 3.84. The molecule has 28 heavy (non-hydrogen) atoms. The summed E-state index contributed by atoms with van der Waals surface area (Å²) in [5.41, 5.74) is 1.84. The van der Waals surface area contributed by atoms with Crippen molar-refractivity contribution in [2.75, 3.05) is 33.3 Å². The lowest BCUT2D eigenvalue weighted by atomic mass is 10.1. The zero-order valence-corrected chi connectivity index (χ0v) is 16.8. The van der Waals surface area contributed by atoms with Crippen molar-refractivity contribution in [2.45, 2.75) is 19.9 Å². The molecular weight excluding hydrogens is 358 g/mol. The predicted molar refractivity (Wildman–Crippen MR) is 109 cm³/mol. The summed E-state index contributed by atoms with van der Waals surface area (Å²) in [6, 6.07) is 9.83. The van der Waals surface area contributed by atoms with Gasteiger partial charge in [-0.05, 0) is 32.0 Å². The topological polar surface area (TPSA) is 74.7 Å². The highest BCUT2D eigenvalue weighted by Gasteiger charge is 2.20. The summed E-state index contributed by atoms with van der Waals surface area (Å²) in [4.78, 5) is 8.75. The Labute approximate surface area is 164 Å². The molecule has 7 heteroatoms. The van der Waals surface area contributed by atoms with Crippen LogP contribution < -0.4 is 24.3 Å². The lowest BCUT2D eigenvalue weighted by Crippen LogP contribution is -2.24. The molecular formula is C21H25N3O4. The summed E-state index contributed by atoms with van der Waals surface area (Å²) < 4.78 is 22.3. The zero-order valence-electron chi connectivity index (χ0n) is 16.8. The second-order valence-corrected chi connectivity index (χ2v) is 6.43. The SMILES string of the molecule is COc1cc2c(NC(C)COc3ccc(C)cc3)ncnc2c(OC)c1OC. The number of aryl methyl sites for hydroxylation is 1. The number of fused-ring (bicyclic) bond motifs is 1. The molecule has 0 aliphatic carbocycles. The molecule has 1 unspecified atom stereocenters. The van der Waals surface area contributed by atoms with Crippen LogP contribution in [-0.4, -0.2) is 43.9 Å². The average Bonchev–Trinajstić information content (AvgIpc) is 2.72. The van der Waals surface area contributed by atoms with E-state index in [0.717, 1.165) is 11.1 Å². The van der Waals surface area contributed by atoms with E-state index in [1.165, 1.54) is 11.9 Å². The fourth-order valence-electron chi connectivity index (χ4n) is 2.91. The van der Waals surface area contributed by atoms with E-state index in [-0.39, 0.29) is 6.04 Å². The van der Waals surface area contributed by atoms with Crippen LogP contribution in [0.2, 0.25) is 0 Å². The zero-order chi connectivity index (χ0) is 20.1. The Kier molecular flexibility index (Phi) is 6.03. The summed E-state index contributed by atoms with van der Waals surface area (Å²) in [5, 5.41) is 4.16. The highest BCUT2D eigenvalue weighted by atomic mass is 16.5. The van der Waals surface area contributed by atoms with Crippen molar-refractivity contribution < 1.29 is 18.9 Å². The lowest BCUT2D eigenvalue weighted by molar-refractivity contribution is 0.303. The van der Waals surface area contributed by atoms with Crippen LogP contribution in [0.4, 0.5) is 5.82 Å². The molecule has 0 saturated carbocycles. The molecule has 1 atom stereocenters. The van der Waals surface area contributed by atoms with E-state index in [9.17, 15) is 0 Å². The Morgan fingerprint density at radius 2 is 1.68 bits per heavy atom. The Morgan fingerprint density at radius 1 is 0.964 bits per heavy atom. The molecule has 3 aromatic rings. The van der Waals surface area contributed by atoms with Crippen LogP contribution in [0.15, 0.2) is 36.7 Å². The third-order valence-electron chi connectivity index (χ3n) is 4.34. The Hall–Kier alpha value is -3.22. The van der Waals surface area contributed by atoms with Gasteiger partial charge >= 0.3 is 0 Å². The van der Waals surface area contributed by atoms with Crippen LogP contribution in [0.5, 0.6) is 23.0 Å². The van der Waals surface area contributed by atoms with Gasteiger partial charge in [0.05, 0.1) is 32.8 Å². The molecule has 1 aromatic heterocycles. The molecule has 3 rings (SSSR count). The van der Waals surface area contributed by atoms with Gasteiger partial charge in [0.15, 0.2) is 11.5 Å². The smallest absolute Gasteiger partial charge is 0.205 e. The number of hydrogen-bond donors (Lipinski definition) is 1. The fraction of sp³-hybridized carbons (Fsp3) is 0.333. The Bertz CT molecular complexity index is 945. The van der Waals surface area contributed by atoms with Gasteiger partial charge in [-0.2, -0.15) is 0 Å². The molecule has 0 radical (unpaired) electrons. The molecule has 0 aliphatic rings. The van der Waals surface area contributed by atoms with E-state index in [1.54, 1.807) is 21.3 Å². The minimum atomic E-state index is 0.0125. The maximum absolute atomic E-state index is 5.86. The van der Waals surface area contributed by atoms with Crippen LogP contribution in [-0.2, 0) is 0 Å². The normalized spacial score (nSPS) is 11.8. The van der Waals surface area contributed by atoms with Gasteiger partial charge in [0, 0.05) is 0 Å². The largest absolute Gasteiger partial charge is 0.493 e. The highest BCUT2D eigenvalue weighted by molar-refractivity contribution is 5.96. The number of nitrogens with zero attached hydrogens (tertiary/aromatic N) is 2. The third kappa shape index (κ3) is 4.03. The van der Waals surface area contributed by atoms with Gasteiger partial charge in [0.25, 0.3) is 0 Å². The van der Waals surface area contributed by atoms with Gasteiger partial charge in [-0.15, -0.1) is 0 Å². The summed E-state index contributed by atoms with van der Waals surface area (Å²) in [5.74, 6) is 3.06. The first-order chi connectivity index (χ1) is 13.6. The summed E-state index contributed by atoms with van der Waals surface area (Å²) >= 11 is 0.